The lowest BCUT2D eigenvalue weighted by Gasteiger charge is -2.21. The first-order valence-corrected chi connectivity index (χ1v) is 6.23. The monoisotopic (exact) mass is 276 g/mol. The Hall–Kier alpha value is -2.30. The third-order valence-corrected chi connectivity index (χ3v) is 2.32. The van der Waals surface area contributed by atoms with E-state index in [1.54, 1.807) is 24.3 Å². The summed E-state index contributed by atoms with van der Waals surface area (Å²) in [5, 5.41) is 0. The molecule has 2 aromatic rings. The molecular formula is C15H17FN2O2. The Morgan fingerprint density at radius 3 is 2.45 bits per heavy atom. The number of benzene rings is 1. The highest BCUT2D eigenvalue weighted by atomic mass is 19.1. The van der Waals surface area contributed by atoms with Gasteiger partial charge in [-0.2, -0.15) is 4.98 Å². The van der Waals surface area contributed by atoms with Crippen molar-refractivity contribution in [2.75, 3.05) is 5.73 Å². The number of anilines is 1. The Morgan fingerprint density at radius 2 is 1.80 bits per heavy atom. The standard InChI is InChI=1S/C15H17FN2O2/c1-15(2,3)20-14-11(17)8-9-13(18-14)19-12-7-5-4-6-10(12)16/h4-9H,17H2,1-3H3. The predicted octanol–water partition coefficient (Wildman–Crippen LogP) is 3.77. The van der Waals surface area contributed by atoms with Crippen LogP contribution in [0.2, 0.25) is 0 Å². The Labute approximate surface area is 117 Å². The second-order valence-electron chi connectivity index (χ2n) is 5.29. The topological polar surface area (TPSA) is 57.4 Å². The van der Waals surface area contributed by atoms with Gasteiger partial charge in [0.15, 0.2) is 11.6 Å². The van der Waals surface area contributed by atoms with Crippen molar-refractivity contribution in [3.63, 3.8) is 0 Å². The minimum atomic E-state index is -0.454. The molecule has 0 aliphatic carbocycles. The van der Waals surface area contributed by atoms with Gasteiger partial charge >= 0.3 is 0 Å². The molecule has 0 fully saturated rings. The second-order valence-corrected chi connectivity index (χ2v) is 5.29. The molecule has 0 saturated carbocycles. The summed E-state index contributed by atoms with van der Waals surface area (Å²) in [5.74, 6) is 0.144. The molecule has 2 rings (SSSR count). The van der Waals surface area contributed by atoms with Crippen LogP contribution in [-0.2, 0) is 0 Å². The first-order chi connectivity index (χ1) is 9.35. The number of hydrogen-bond acceptors (Lipinski definition) is 4. The molecule has 2 N–H and O–H groups in total. The number of nitrogens with two attached hydrogens (primary N) is 1. The summed E-state index contributed by atoms with van der Waals surface area (Å²) in [5.41, 5.74) is 5.77. The van der Waals surface area contributed by atoms with Crippen molar-refractivity contribution in [1.82, 2.24) is 4.98 Å². The maximum absolute atomic E-state index is 13.5. The molecule has 0 bridgehead atoms. The van der Waals surface area contributed by atoms with E-state index in [-0.39, 0.29) is 17.5 Å². The third kappa shape index (κ3) is 3.60. The summed E-state index contributed by atoms with van der Waals surface area (Å²) < 4.78 is 24.5. The first-order valence-electron chi connectivity index (χ1n) is 6.23. The van der Waals surface area contributed by atoms with Gasteiger partial charge in [0.1, 0.15) is 5.60 Å². The molecule has 5 heteroatoms. The first kappa shape index (κ1) is 14.1. The van der Waals surface area contributed by atoms with E-state index in [0.717, 1.165) is 0 Å². The molecule has 4 nitrogen and oxygen atoms in total. The molecule has 0 radical (unpaired) electrons. The summed E-state index contributed by atoms with van der Waals surface area (Å²) in [6, 6.07) is 9.30. The smallest absolute Gasteiger partial charge is 0.241 e. The minimum Gasteiger partial charge on any atom is -0.470 e. The zero-order valence-electron chi connectivity index (χ0n) is 11.7. The highest BCUT2D eigenvalue weighted by molar-refractivity contribution is 5.50. The fourth-order valence-electron chi connectivity index (χ4n) is 1.50. The van der Waals surface area contributed by atoms with Crippen molar-refractivity contribution in [2.45, 2.75) is 26.4 Å². The minimum absolute atomic E-state index is 0.103. The van der Waals surface area contributed by atoms with Crippen LogP contribution in [0, 0.1) is 5.82 Å². The van der Waals surface area contributed by atoms with Crippen LogP contribution >= 0.6 is 0 Å². The van der Waals surface area contributed by atoms with E-state index in [1.807, 2.05) is 20.8 Å². The number of nitrogen functional groups attached to an aromatic ring is 1. The lowest BCUT2D eigenvalue weighted by molar-refractivity contribution is 0.124. The van der Waals surface area contributed by atoms with Crippen molar-refractivity contribution in [3.05, 3.63) is 42.2 Å². The van der Waals surface area contributed by atoms with Crippen molar-refractivity contribution >= 4 is 5.69 Å². The number of rotatable bonds is 3. The highest BCUT2D eigenvalue weighted by Gasteiger charge is 2.16. The summed E-state index contributed by atoms with van der Waals surface area (Å²) in [6.45, 7) is 5.66. The third-order valence-electron chi connectivity index (χ3n) is 2.32. The van der Waals surface area contributed by atoms with E-state index in [4.69, 9.17) is 15.2 Å². The molecular weight excluding hydrogens is 259 g/mol. The summed E-state index contributed by atoms with van der Waals surface area (Å²) in [4.78, 5) is 4.16. The number of aromatic nitrogens is 1. The zero-order chi connectivity index (χ0) is 14.8. The number of halogens is 1. The molecule has 0 spiro atoms. The maximum Gasteiger partial charge on any atom is 0.241 e. The maximum atomic E-state index is 13.5. The summed E-state index contributed by atoms with van der Waals surface area (Å²) >= 11 is 0. The van der Waals surface area contributed by atoms with E-state index in [9.17, 15) is 4.39 Å². The molecule has 20 heavy (non-hydrogen) atoms. The van der Waals surface area contributed by atoms with E-state index in [2.05, 4.69) is 4.98 Å². The van der Waals surface area contributed by atoms with Crippen molar-refractivity contribution < 1.29 is 13.9 Å². The van der Waals surface area contributed by atoms with Crippen LogP contribution in [0.4, 0.5) is 10.1 Å². The van der Waals surface area contributed by atoms with Crippen LogP contribution in [0.25, 0.3) is 0 Å². The quantitative estimate of drug-likeness (QED) is 0.927. The van der Waals surface area contributed by atoms with Gasteiger partial charge in [0.05, 0.1) is 5.69 Å². The van der Waals surface area contributed by atoms with Crippen molar-refractivity contribution in [1.29, 1.82) is 0 Å². The van der Waals surface area contributed by atoms with Gasteiger partial charge in [0.2, 0.25) is 11.8 Å². The van der Waals surface area contributed by atoms with Crippen molar-refractivity contribution in [3.8, 4) is 17.5 Å². The number of nitrogens with zero attached hydrogens (tertiary/aromatic N) is 1. The van der Waals surface area contributed by atoms with Gasteiger partial charge in [-0.25, -0.2) is 4.39 Å². The van der Waals surface area contributed by atoms with Crippen LogP contribution in [-0.4, -0.2) is 10.6 Å². The van der Waals surface area contributed by atoms with Gasteiger partial charge in [0, 0.05) is 6.07 Å². The largest absolute Gasteiger partial charge is 0.470 e. The average Bonchev–Trinajstić information content (AvgIpc) is 2.34. The number of ether oxygens (including phenoxy) is 2. The second kappa shape index (κ2) is 5.36. The van der Waals surface area contributed by atoms with E-state index in [1.165, 1.54) is 12.1 Å². The molecule has 0 aliphatic heterocycles. The van der Waals surface area contributed by atoms with Crippen LogP contribution in [0.1, 0.15) is 20.8 Å². The molecule has 1 aromatic carbocycles. The van der Waals surface area contributed by atoms with E-state index < -0.39 is 11.4 Å². The number of para-hydroxylation sites is 1. The fraction of sp³-hybridized carbons (Fsp3) is 0.267. The zero-order valence-corrected chi connectivity index (χ0v) is 11.7. The lowest BCUT2D eigenvalue weighted by Crippen LogP contribution is -2.24. The van der Waals surface area contributed by atoms with Gasteiger partial charge in [-0.3, -0.25) is 0 Å². The van der Waals surface area contributed by atoms with Crippen LogP contribution in [0.15, 0.2) is 36.4 Å². The van der Waals surface area contributed by atoms with Crippen molar-refractivity contribution in [2.24, 2.45) is 0 Å². The van der Waals surface area contributed by atoms with Gasteiger partial charge in [0.25, 0.3) is 0 Å². The van der Waals surface area contributed by atoms with Gasteiger partial charge in [-0.1, -0.05) is 12.1 Å². The summed E-state index contributed by atoms with van der Waals surface area (Å²) in [7, 11) is 0. The highest BCUT2D eigenvalue weighted by Crippen LogP contribution is 2.29. The normalized spacial score (nSPS) is 11.2. The molecule has 0 amide bonds. The van der Waals surface area contributed by atoms with Gasteiger partial charge in [-0.15, -0.1) is 0 Å². The molecule has 0 unspecified atom stereocenters. The van der Waals surface area contributed by atoms with Crippen LogP contribution in [0.5, 0.6) is 17.5 Å². The molecule has 0 saturated heterocycles. The molecule has 0 aliphatic rings. The molecule has 106 valence electrons. The Bertz CT molecular complexity index is 609. The molecule has 0 atom stereocenters. The predicted molar refractivity (Wildman–Crippen MR) is 75.5 cm³/mol. The Morgan fingerprint density at radius 1 is 1.10 bits per heavy atom. The van der Waals surface area contributed by atoms with E-state index in [0.29, 0.717) is 5.69 Å². The lowest BCUT2D eigenvalue weighted by atomic mass is 10.2. The van der Waals surface area contributed by atoms with Gasteiger partial charge < -0.3 is 15.2 Å². The van der Waals surface area contributed by atoms with Crippen LogP contribution < -0.4 is 15.2 Å². The summed E-state index contributed by atoms with van der Waals surface area (Å²) in [6.07, 6.45) is 0. The SMILES string of the molecule is CC(C)(C)Oc1nc(Oc2ccccc2F)ccc1N. The average molecular weight is 276 g/mol. The molecule has 1 heterocycles. The Balaban J connectivity index is 2.26. The molecule has 1 aromatic heterocycles. The van der Waals surface area contributed by atoms with E-state index >= 15 is 0 Å². The number of pyridine rings is 1. The van der Waals surface area contributed by atoms with Crippen LogP contribution in [0.3, 0.4) is 0 Å². The fourth-order valence-corrected chi connectivity index (χ4v) is 1.50. The Kier molecular flexibility index (Phi) is 3.79. The van der Waals surface area contributed by atoms with Gasteiger partial charge in [-0.05, 0) is 39.0 Å². The number of hydrogen-bond donors (Lipinski definition) is 1.